The fourth-order valence-electron chi connectivity index (χ4n) is 4.75. The van der Waals surface area contributed by atoms with Gasteiger partial charge in [-0.05, 0) is 56.3 Å². The molecule has 3 N–H and O–H groups in total. The van der Waals surface area contributed by atoms with E-state index in [0.717, 1.165) is 32.3 Å². The molecule has 0 spiro atoms. The second-order valence-electron chi connectivity index (χ2n) is 8.08. The van der Waals surface area contributed by atoms with Gasteiger partial charge in [-0.3, -0.25) is 4.79 Å². The summed E-state index contributed by atoms with van der Waals surface area (Å²) in [6.45, 7) is 5.16. The summed E-state index contributed by atoms with van der Waals surface area (Å²) < 4.78 is 5.80. The van der Waals surface area contributed by atoms with Crippen LogP contribution in [0.3, 0.4) is 0 Å². The van der Waals surface area contributed by atoms with Crippen LogP contribution in [-0.4, -0.2) is 30.7 Å². The molecule has 0 aromatic carbocycles. The van der Waals surface area contributed by atoms with E-state index in [-0.39, 0.29) is 11.8 Å². The molecule has 4 unspecified atom stereocenters. The van der Waals surface area contributed by atoms with E-state index in [4.69, 9.17) is 10.5 Å². The molecule has 3 rings (SSSR count). The molecule has 2 saturated carbocycles. The largest absolute Gasteiger partial charge is 0.378 e. The number of nitrogens with two attached hydrogens (primary N) is 1. The SMILES string of the molecule is CC(C)C1CC(NC(=O)C2CC3CCCC(C2)C3N)CCO1. The lowest BCUT2D eigenvalue weighted by atomic mass is 9.65. The van der Waals surface area contributed by atoms with Gasteiger partial charge in [0.2, 0.25) is 5.91 Å². The van der Waals surface area contributed by atoms with Crippen LogP contribution in [0.5, 0.6) is 0 Å². The highest BCUT2D eigenvalue weighted by molar-refractivity contribution is 5.79. The standard InChI is InChI=1S/C18H32N2O2/c1-11(2)16-10-15(6-7-22-16)20-18(21)14-8-12-4-3-5-13(9-14)17(12)19/h11-17H,3-10,19H2,1-2H3,(H,20,21). The molecule has 1 saturated heterocycles. The predicted molar refractivity (Wildman–Crippen MR) is 87.3 cm³/mol. The fraction of sp³-hybridized carbons (Fsp3) is 0.944. The first kappa shape index (κ1) is 16.3. The Morgan fingerprint density at radius 3 is 2.45 bits per heavy atom. The molecule has 2 aliphatic carbocycles. The van der Waals surface area contributed by atoms with Crippen molar-refractivity contribution in [3.05, 3.63) is 0 Å². The second kappa shape index (κ2) is 6.88. The van der Waals surface area contributed by atoms with Gasteiger partial charge in [0, 0.05) is 24.6 Å². The number of fused-ring (bicyclic) bond motifs is 2. The number of hydrogen-bond donors (Lipinski definition) is 2. The quantitative estimate of drug-likeness (QED) is 0.842. The average Bonchev–Trinajstić information content (AvgIpc) is 2.47. The molecule has 2 bridgehead atoms. The Balaban J connectivity index is 1.54. The summed E-state index contributed by atoms with van der Waals surface area (Å²) in [5.74, 6) is 2.13. The van der Waals surface area contributed by atoms with Crippen molar-refractivity contribution in [2.24, 2.45) is 29.4 Å². The zero-order valence-corrected chi connectivity index (χ0v) is 14.1. The molecule has 1 amide bonds. The molecule has 3 aliphatic rings. The van der Waals surface area contributed by atoms with Gasteiger partial charge in [0.1, 0.15) is 0 Å². The van der Waals surface area contributed by atoms with Gasteiger partial charge in [0.15, 0.2) is 0 Å². The molecular formula is C18H32N2O2. The number of carbonyl (C=O) groups is 1. The van der Waals surface area contributed by atoms with Crippen LogP contribution in [0.4, 0.5) is 0 Å². The minimum atomic E-state index is 0.190. The van der Waals surface area contributed by atoms with Crippen LogP contribution >= 0.6 is 0 Å². The third kappa shape index (κ3) is 3.48. The van der Waals surface area contributed by atoms with E-state index in [1.807, 2.05) is 0 Å². The maximum absolute atomic E-state index is 12.7. The Hall–Kier alpha value is -0.610. The van der Waals surface area contributed by atoms with E-state index < -0.39 is 0 Å². The first-order valence-corrected chi connectivity index (χ1v) is 9.22. The third-order valence-electron chi connectivity index (χ3n) is 6.19. The van der Waals surface area contributed by atoms with E-state index in [2.05, 4.69) is 19.2 Å². The Kier molecular flexibility index (Phi) is 5.08. The van der Waals surface area contributed by atoms with Gasteiger partial charge in [-0.2, -0.15) is 0 Å². The van der Waals surface area contributed by atoms with E-state index >= 15 is 0 Å². The van der Waals surface area contributed by atoms with Crippen molar-refractivity contribution in [3.8, 4) is 0 Å². The molecule has 126 valence electrons. The first-order valence-electron chi connectivity index (χ1n) is 9.22. The normalized spacial score (nSPS) is 42.2. The lowest BCUT2D eigenvalue weighted by molar-refractivity contribution is -0.130. The molecule has 4 nitrogen and oxygen atoms in total. The predicted octanol–water partition coefficient (Wildman–Crippen LogP) is 2.46. The number of ether oxygens (including phenoxy) is 1. The summed E-state index contributed by atoms with van der Waals surface area (Å²) in [7, 11) is 0. The van der Waals surface area contributed by atoms with Crippen LogP contribution in [0.1, 0.15) is 58.8 Å². The fourth-order valence-corrected chi connectivity index (χ4v) is 4.75. The summed E-state index contributed by atoms with van der Waals surface area (Å²) in [5.41, 5.74) is 6.33. The van der Waals surface area contributed by atoms with Gasteiger partial charge in [0.25, 0.3) is 0 Å². The maximum atomic E-state index is 12.7. The van der Waals surface area contributed by atoms with Gasteiger partial charge < -0.3 is 15.8 Å². The summed E-state index contributed by atoms with van der Waals surface area (Å²) in [5, 5.41) is 3.32. The minimum absolute atomic E-state index is 0.190. The Bertz CT molecular complexity index is 385. The lowest BCUT2D eigenvalue weighted by Gasteiger charge is -2.44. The Morgan fingerprint density at radius 1 is 1.14 bits per heavy atom. The van der Waals surface area contributed by atoms with Crippen molar-refractivity contribution >= 4 is 5.91 Å². The van der Waals surface area contributed by atoms with Crippen LogP contribution in [0.2, 0.25) is 0 Å². The monoisotopic (exact) mass is 308 g/mol. The van der Waals surface area contributed by atoms with Gasteiger partial charge in [-0.1, -0.05) is 20.3 Å². The van der Waals surface area contributed by atoms with Crippen molar-refractivity contribution in [2.75, 3.05) is 6.61 Å². The smallest absolute Gasteiger partial charge is 0.223 e. The number of hydrogen-bond acceptors (Lipinski definition) is 3. The Labute approximate surface area is 134 Å². The molecule has 4 heteroatoms. The highest BCUT2D eigenvalue weighted by Crippen LogP contribution is 2.42. The molecular weight excluding hydrogens is 276 g/mol. The van der Waals surface area contributed by atoms with Crippen molar-refractivity contribution < 1.29 is 9.53 Å². The molecule has 1 heterocycles. The average molecular weight is 308 g/mol. The molecule has 3 fully saturated rings. The first-order chi connectivity index (χ1) is 10.5. The molecule has 0 aromatic heterocycles. The van der Waals surface area contributed by atoms with Crippen LogP contribution in [-0.2, 0) is 9.53 Å². The molecule has 22 heavy (non-hydrogen) atoms. The van der Waals surface area contributed by atoms with Gasteiger partial charge in [-0.15, -0.1) is 0 Å². The van der Waals surface area contributed by atoms with E-state index in [1.165, 1.54) is 19.3 Å². The van der Waals surface area contributed by atoms with Crippen LogP contribution in [0.25, 0.3) is 0 Å². The lowest BCUT2D eigenvalue weighted by Crippen LogP contribution is -2.51. The summed E-state index contributed by atoms with van der Waals surface area (Å²) in [4.78, 5) is 12.7. The Morgan fingerprint density at radius 2 is 1.82 bits per heavy atom. The van der Waals surface area contributed by atoms with Crippen LogP contribution < -0.4 is 11.1 Å². The molecule has 0 aromatic rings. The zero-order chi connectivity index (χ0) is 15.7. The zero-order valence-electron chi connectivity index (χ0n) is 14.1. The highest BCUT2D eigenvalue weighted by atomic mass is 16.5. The van der Waals surface area contributed by atoms with Crippen LogP contribution in [0, 0.1) is 23.7 Å². The maximum Gasteiger partial charge on any atom is 0.223 e. The van der Waals surface area contributed by atoms with Crippen LogP contribution in [0.15, 0.2) is 0 Å². The number of nitrogens with one attached hydrogen (secondary N) is 1. The minimum Gasteiger partial charge on any atom is -0.378 e. The van der Waals surface area contributed by atoms with Gasteiger partial charge >= 0.3 is 0 Å². The molecule has 1 aliphatic heterocycles. The second-order valence-corrected chi connectivity index (χ2v) is 8.08. The van der Waals surface area contributed by atoms with Crippen molar-refractivity contribution in [3.63, 3.8) is 0 Å². The summed E-state index contributed by atoms with van der Waals surface area (Å²) in [6.07, 6.45) is 7.94. The third-order valence-corrected chi connectivity index (χ3v) is 6.19. The molecule has 4 atom stereocenters. The van der Waals surface area contributed by atoms with Gasteiger partial charge in [0.05, 0.1) is 6.10 Å². The van der Waals surface area contributed by atoms with E-state index in [1.54, 1.807) is 0 Å². The highest BCUT2D eigenvalue weighted by Gasteiger charge is 2.41. The van der Waals surface area contributed by atoms with E-state index in [9.17, 15) is 4.79 Å². The number of rotatable bonds is 3. The topological polar surface area (TPSA) is 64.4 Å². The van der Waals surface area contributed by atoms with Gasteiger partial charge in [-0.25, -0.2) is 0 Å². The number of carbonyl (C=O) groups excluding carboxylic acids is 1. The number of amides is 1. The van der Waals surface area contributed by atoms with E-state index in [0.29, 0.717) is 35.9 Å². The summed E-state index contributed by atoms with van der Waals surface area (Å²) >= 11 is 0. The van der Waals surface area contributed by atoms with Crippen molar-refractivity contribution in [2.45, 2.75) is 77.0 Å². The van der Waals surface area contributed by atoms with Crippen molar-refractivity contribution in [1.29, 1.82) is 0 Å². The summed E-state index contributed by atoms with van der Waals surface area (Å²) in [6, 6.07) is 0.635. The molecule has 0 radical (unpaired) electrons. The van der Waals surface area contributed by atoms with Crippen molar-refractivity contribution in [1.82, 2.24) is 5.32 Å².